The van der Waals surface area contributed by atoms with Gasteiger partial charge in [0.1, 0.15) is 5.75 Å². The molecule has 27 heavy (non-hydrogen) atoms. The maximum Gasteiger partial charge on any atom is 0.270 e. The van der Waals surface area contributed by atoms with Gasteiger partial charge in [-0.25, -0.2) is 8.42 Å². The summed E-state index contributed by atoms with van der Waals surface area (Å²) in [5.74, 6) is 1.23. The maximum absolute atomic E-state index is 12.1. The number of benzene rings is 2. The number of non-ortho nitro benzene ring substituents is 1. The van der Waals surface area contributed by atoms with Crippen molar-refractivity contribution in [2.45, 2.75) is 17.7 Å². The molecule has 0 aromatic heterocycles. The third kappa shape index (κ3) is 4.77. The second-order valence-electron chi connectivity index (χ2n) is 6.74. The molecule has 0 saturated carbocycles. The summed E-state index contributed by atoms with van der Waals surface area (Å²) in [5, 5.41) is 11.0. The molecule has 0 amide bonds. The fourth-order valence-electron chi connectivity index (χ4n) is 3.25. The van der Waals surface area contributed by atoms with E-state index in [1.807, 2.05) is 35.2 Å². The maximum atomic E-state index is 12.1. The van der Waals surface area contributed by atoms with Crippen LogP contribution < -0.4 is 9.64 Å². The average molecular weight is 390 g/mol. The van der Waals surface area contributed by atoms with E-state index in [-0.39, 0.29) is 10.6 Å². The molecule has 1 heterocycles. The molecule has 2 aromatic carbocycles. The monoisotopic (exact) mass is 390 g/mol. The van der Waals surface area contributed by atoms with Gasteiger partial charge in [0.15, 0.2) is 9.84 Å². The summed E-state index contributed by atoms with van der Waals surface area (Å²) < 4.78 is 30.1. The summed E-state index contributed by atoms with van der Waals surface area (Å²) in [6.45, 7) is 1.99. The van der Waals surface area contributed by atoms with E-state index in [0.29, 0.717) is 31.3 Å². The summed E-state index contributed by atoms with van der Waals surface area (Å²) >= 11 is 0. The van der Waals surface area contributed by atoms with Crippen molar-refractivity contribution in [2.24, 2.45) is 5.92 Å². The van der Waals surface area contributed by atoms with E-state index in [9.17, 15) is 18.5 Å². The van der Waals surface area contributed by atoms with Crippen LogP contribution in [0.4, 0.5) is 11.4 Å². The third-order valence-electron chi connectivity index (χ3n) is 4.74. The quantitative estimate of drug-likeness (QED) is 0.555. The highest BCUT2D eigenvalue weighted by Crippen LogP contribution is 2.32. The molecular formula is C19H22N2O5S. The Hall–Kier alpha value is -2.61. The molecule has 144 valence electrons. The third-order valence-corrected chi connectivity index (χ3v) is 5.86. The predicted molar refractivity (Wildman–Crippen MR) is 103 cm³/mol. The zero-order valence-corrected chi connectivity index (χ0v) is 15.9. The summed E-state index contributed by atoms with van der Waals surface area (Å²) in [5.41, 5.74) is 0.316. The smallest absolute Gasteiger partial charge is 0.270 e. The fourth-order valence-corrected chi connectivity index (χ4v) is 4.16. The number of piperidine rings is 1. The van der Waals surface area contributed by atoms with E-state index >= 15 is 0 Å². The van der Waals surface area contributed by atoms with Gasteiger partial charge in [0.25, 0.3) is 5.69 Å². The van der Waals surface area contributed by atoms with E-state index in [0.717, 1.165) is 30.9 Å². The van der Waals surface area contributed by atoms with E-state index in [1.54, 1.807) is 0 Å². The van der Waals surface area contributed by atoms with Crippen LogP contribution in [0.1, 0.15) is 12.8 Å². The Morgan fingerprint density at radius 2 is 1.81 bits per heavy atom. The van der Waals surface area contributed by atoms with Crippen LogP contribution >= 0.6 is 0 Å². The molecule has 0 atom stereocenters. The van der Waals surface area contributed by atoms with Crippen molar-refractivity contribution in [1.82, 2.24) is 0 Å². The molecule has 8 heteroatoms. The molecule has 0 spiro atoms. The lowest BCUT2D eigenvalue weighted by Crippen LogP contribution is -2.36. The standard InChI is InChI=1S/C19H22N2O5S/c1-27(24,25)19-13-16(21(22)23)7-8-18(19)20-11-9-15(10-12-20)14-26-17-5-3-2-4-6-17/h2-8,13,15H,9-12,14H2,1H3. The number of anilines is 1. The van der Waals surface area contributed by atoms with Crippen molar-refractivity contribution in [1.29, 1.82) is 0 Å². The molecule has 1 fully saturated rings. The molecule has 2 aromatic rings. The zero-order valence-electron chi connectivity index (χ0n) is 15.1. The molecule has 1 aliphatic rings. The molecule has 1 saturated heterocycles. The topological polar surface area (TPSA) is 89.8 Å². The van der Waals surface area contributed by atoms with Gasteiger partial charge in [0.2, 0.25) is 0 Å². The second-order valence-corrected chi connectivity index (χ2v) is 8.72. The van der Waals surface area contributed by atoms with Crippen molar-refractivity contribution in [2.75, 3.05) is 30.9 Å². The Balaban J connectivity index is 1.68. The summed E-state index contributed by atoms with van der Waals surface area (Å²) in [7, 11) is -3.57. The predicted octanol–water partition coefficient (Wildman–Crippen LogP) is 3.29. The second kappa shape index (κ2) is 7.96. The average Bonchev–Trinajstić information content (AvgIpc) is 2.66. The molecule has 0 N–H and O–H groups in total. The Labute approximate surface area is 158 Å². The van der Waals surface area contributed by atoms with E-state index < -0.39 is 14.8 Å². The first-order valence-corrected chi connectivity index (χ1v) is 10.6. The Morgan fingerprint density at radius 3 is 2.41 bits per heavy atom. The first-order chi connectivity index (χ1) is 12.8. The van der Waals surface area contributed by atoms with Crippen LogP contribution in [-0.2, 0) is 9.84 Å². The van der Waals surface area contributed by atoms with Gasteiger partial charge in [0, 0.05) is 31.5 Å². The SMILES string of the molecule is CS(=O)(=O)c1cc([N+](=O)[O-])ccc1N1CCC(COc2ccccc2)CC1. The van der Waals surface area contributed by atoms with Gasteiger partial charge in [-0.15, -0.1) is 0 Å². The lowest BCUT2D eigenvalue weighted by Gasteiger charge is -2.34. The van der Waals surface area contributed by atoms with Gasteiger partial charge in [-0.3, -0.25) is 10.1 Å². The van der Waals surface area contributed by atoms with Crippen molar-refractivity contribution < 1.29 is 18.1 Å². The van der Waals surface area contributed by atoms with Crippen molar-refractivity contribution in [3.8, 4) is 5.75 Å². The van der Waals surface area contributed by atoms with Crippen molar-refractivity contribution in [3.63, 3.8) is 0 Å². The minimum atomic E-state index is -3.57. The molecule has 0 bridgehead atoms. The summed E-state index contributed by atoms with van der Waals surface area (Å²) in [6, 6.07) is 13.7. The summed E-state index contributed by atoms with van der Waals surface area (Å²) in [4.78, 5) is 12.4. The van der Waals surface area contributed by atoms with Crippen LogP contribution in [0.25, 0.3) is 0 Å². The normalized spacial score (nSPS) is 15.5. The number of para-hydroxylation sites is 1. The van der Waals surface area contributed by atoms with Gasteiger partial charge < -0.3 is 9.64 Å². The van der Waals surface area contributed by atoms with E-state index in [1.165, 1.54) is 12.1 Å². The van der Waals surface area contributed by atoms with Gasteiger partial charge >= 0.3 is 0 Å². The number of nitrogens with zero attached hydrogens (tertiary/aromatic N) is 2. The number of ether oxygens (including phenoxy) is 1. The van der Waals surface area contributed by atoms with Crippen LogP contribution in [0, 0.1) is 16.0 Å². The number of rotatable bonds is 6. The molecule has 0 aliphatic carbocycles. The van der Waals surface area contributed by atoms with Crippen LogP contribution in [-0.4, -0.2) is 39.3 Å². The molecule has 7 nitrogen and oxygen atoms in total. The van der Waals surface area contributed by atoms with Gasteiger partial charge in [-0.1, -0.05) is 18.2 Å². The fraction of sp³-hybridized carbons (Fsp3) is 0.368. The first-order valence-electron chi connectivity index (χ1n) is 8.76. The Kier molecular flexibility index (Phi) is 5.65. The van der Waals surface area contributed by atoms with Crippen molar-refractivity contribution >= 4 is 21.2 Å². The molecular weight excluding hydrogens is 368 g/mol. The number of sulfone groups is 1. The molecule has 0 unspecified atom stereocenters. The summed E-state index contributed by atoms with van der Waals surface area (Å²) in [6.07, 6.45) is 2.82. The Bertz CT molecular complexity index is 907. The van der Waals surface area contributed by atoms with E-state index in [2.05, 4.69) is 0 Å². The first kappa shape index (κ1) is 19.2. The van der Waals surface area contributed by atoms with Crippen LogP contribution in [0.2, 0.25) is 0 Å². The van der Waals surface area contributed by atoms with Crippen LogP contribution in [0.3, 0.4) is 0 Å². The van der Waals surface area contributed by atoms with E-state index in [4.69, 9.17) is 4.74 Å². The number of hydrogen-bond acceptors (Lipinski definition) is 6. The Morgan fingerprint density at radius 1 is 1.15 bits per heavy atom. The van der Waals surface area contributed by atoms with Gasteiger partial charge in [-0.2, -0.15) is 0 Å². The lowest BCUT2D eigenvalue weighted by molar-refractivity contribution is -0.385. The minimum Gasteiger partial charge on any atom is -0.493 e. The lowest BCUT2D eigenvalue weighted by atomic mass is 9.97. The molecule has 1 aliphatic heterocycles. The number of nitro groups is 1. The van der Waals surface area contributed by atoms with Crippen molar-refractivity contribution in [3.05, 3.63) is 58.6 Å². The largest absolute Gasteiger partial charge is 0.493 e. The molecule has 3 rings (SSSR count). The van der Waals surface area contributed by atoms with Gasteiger partial charge in [-0.05, 0) is 37.0 Å². The zero-order chi connectivity index (χ0) is 19.4. The highest BCUT2D eigenvalue weighted by atomic mass is 32.2. The van der Waals surface area contributed by atoms with Gasteiger partial charge in [0.05, 0.1) is 22.1 Å². The number of nitro benzene ring substituents is 1. The number of hydrogen-bond donors (Lipinski definition) is 0. The highest BCUT2D eigenvalue weighted by Gasteiger charge is 2.26. The van der Waals surface area contributed by atoms with Crippen LogP contribution in [0.5, 0.6) is 5.75 Å². The molecule has 0 radical (unpaired) electrons. The van der Waals surface area contributed by atoms with Crippen LogP contribution in [0.15, 0.2) is 53.4 Å². The minimum absolute atomic E-state index is 0.00989. The highest BCUT2D eigenvalue weighted by molar-refractivity contribution is 7.90.